The number of hydrogen-bond acceptors (Lipinski definition) is 6. The van der Waals surface area contributed by atoms with Crippen molar-refractivity contribution < 1.29 is 13.2 Å². The Labute approximate surface area is 175 Å². The molecular weight excluding hydrogens is 406 g/mol. The normalized spacial score (nSPS) is 21.1. The molecule has 1 amide bonds. The molecule has 0 saturated carbocycles. The van der Waals surface area contributed by atoms with E-state index < -0.39 is 10.0 Å². The smallest absolute Gasteiger partial charge is 0.251 e. The Kier molecular flexibility index (Phi) is 5.70. The van der Waals surface area contributed by atoms with E-state index in [1.54, 1.807) is 23.2 Å². The summed E-state index contributed by atoms with van der Waals surface area (Å²) in [4.78, 5) is 38.9. The summed E-state index contributed by atoms with van der Waals surface area (Å²) < 4.78 is 24.9. The van der Waals surface area contributed by atoms with Crippen LogP contribution in [0.25, 0.3) is 11.4 Å². The van der Waals surface area contributed by atoms with Gasteiger partial charge in [-0.3, -0.25) is 14.6 Å². The molecule has 160 valence electrons. The zero-order chi connectivity index (χ0) is 21.3. The van der Waals surface area contributed by atoms with Crippen molar-refractivity contribution in [3.8, 4) is 11.4 Å². The van der Waals surface area contributed by atoms with Crippen molar-refractivity contribution in [1.82, 2.24) is 24.2 Å². The van der Waals surface area contributed by atoms with Crippen LogP contribution < -0.4 is 5.56 Å². The summed E-state index contributed by atoms with van der Waals surface area (Å²) >= 11 is 0. The summed E-state index contributed by atoms with van der Waals surface area (Å²) in [6.45, 7) is 1.32. The lowest BCUT2D eigenvalue weighted by Gasteiger charge is -2.33. The fourth-order valence-electron chi connectivity index (χ4n) is 4.26. The number of aromatic amines is 1. The minimum absolute atomic E-state index is 0.0107. The molecule has 1 atom stereocenters. The molecule has 0 radical (unpaired) electrons. The molecule has 2 fully saturated rings. The van der Waals surface area contributed by atoms with E-state index in [9.17, 15) is 18.0 Å². The Morgan fingerprint density at radius 3 is 2.57 bits per heavy atom. The van der Waals surface area contributed by atoms with Crippen LogP contribution >= 0.6 is 0 Å². The number of rotatable bonds is 4. The van der Waals surface area contributed by atoms with Gasteiger partial charge in [-0.1, -0.05) is 6.07 Å². The third kappa shape index (κ3) is 4.29. The minimum Gasteiger partial charge on any atom is -0.332 e. The molecule has 2 aromatic rings. The molecule has 2 aromatic heterocycles. The van der Waals surface area contributed by atoms with Crippen LogP contribution in [0.5, 0.6) is 0 Å². The third-order valence-electron chi connectivity index (χ3n) is 5.81. The molecule has 2 saturated heterocycles. The molecule has 2 aliphatic rings. The number of pyridine rings is 1. The number of nitrogens with one attached hydrogen (secondary N) is 1. The Hall–Kier alpha value is -2.59. The number of carbonyl (C=O) groups is 1. The van der Waals surface area contributed by atoms with Gasteiger partial charge in [-0.15, -0.1) is 0 Å². The molecule has 10 heteroatoms. The molecule has 0 aromatic carbocycles. The molecule has 0 unspecified atom stereocenters. The molecule has 4 rings (SSSR count). The van der Waals surface area contributed by atoms with E-state index in [2.05, 4.69) is 15.0 Å². The molecule has 0 bridgehead atoms. The van der Waals surface area contributed by atoms with Crippen LogP contribution in [-0.4, -0.2) is 64.4 Å². The van der Waals surface area contributed by atoms with Crippen molar-refractivity contribution in [2.45, 2.75) is 31.7 Å². The lowest BCUT2D eigenvalue weighted by molar-refractivity contribution is -0.137. The molecule has 2 aliphatic heterocycles. The first-order valence-electron chi connectivity index (χ1n) is 10.1. The lowest BCUT2D eigenvalue weighted by Crippen LogP contribution is -2.44. The molecule has 0 spiro atoms. The molecule has 30 heavy (non-hydrogen) atoms. The van der Waals surface area contributed by atoms with Gasteiger partial charge in [-0.25, -0.2) is 17.7 Å². The monoisotopic (exact) mass is 431 g/mol. The Morgan fingerprint density at radius 2 is 1.90 bits per heavy atom. The SMILES string of the molecule is CS(=O)(=O)N1CCC(C(=O)N2CCC[C@@H]2c2nc(-c3ccccn3)cc(=O)[nH]2)CC1. The van der Waals surface area contributed by atoms with Gasteiger partial charge in [0.25, 0.3) is 5.56 Å². The average Bonchev–Trinajstić information content (AvgIpc) is 3.23. The van der Waals surface area contributed by atoms with Crippen LogP contribution in [-0.2, 0) is 14.8 Å². The quantitative estimate of drug-likeness (QED) is 0.777. The van der Waals surface area contributed by atoms with Gasteiger partial charge in [-0.05, 0) is 37.8 Å². The zero-order valence-electron chi connectivity index (χ0n) is 16.8. The summed E-state index contributed by atoms with van der Waals surface area (Å²) in [5, 5.41) is 0. The lowest BCUT2D eigenvalue weighted by atomic mass is 9.96. The van der Waals surface area contributed by atoms with E-state index in [4.69, 9.17) is 0 Å². The average molecular weight is 432 g/mol. The predicted octanol–water partition coefficient (Wildman–Crippen LogP) is 1.17. The maximum atomic E-state index is 13.2. The molecule has 4 heterocycles. The highest BCUT2D eigenvalue weighted by molar-refractivity contribution is 7.88. The van der Waals surface area contributed by atoms with Crippen LogP contribution in [0.1, 0.15) is 37.5 Å². The van der Waals surface area contributed by atoms with Crippen LogP contribution in [0.2, 0.25) is 0 Å². The maximum Gasteiger partial charge on any atom is 0.251 e. The molecule has 9 nitrogen and oxygen atoms in total. The third-order valence-corrected chi connectivity index (χ3v) is 7.11. The second-order valence-corrected chi connectivity index (χ2v) is 9.84. The summed E-state index contributed by atoms with van der Waals surface area (Å²) in [5.41, 5.74) is 0.811. The van der Waals surface area contributed by atoms with Crippen molar-refractivity contribution in [3.05, 3.63) is 46.6 Å². The standard InChI is InChI=1S/C20H25N5O4S/c1-30(28,29)24-11-7-14(8-12-24)20(27)25-10-4-6-17(25)19-22-16(13-18(26)23-19)15-5-2-3-9-21-15/h2-3,5,9,13-14,17H,4,6-8,10-12H2,1H3,(H,22,23,26)/t17-/m1/s1. The van der Waals surface area contributed by atoms with E-state index >= 15 is 0 Å². The molecule has 1 N–H and O–H groups in total. The van der Waals surface area contributed by atoms with Crippen molar-refractivity contribution in [2.75, 3.05) is 25.9 Å². The number of hydrogen-bond donors (Lipinski definition) is 1. The first-order chi connectivity index (χ1) is 14.3. The van der Waals surface area contributed by atoms with E-state index in [1.165, 1.54) is 16.6 Å². The minimum atomic E-state index is -3.23. The van der Waals surface area contributed by atoms with Crippen LogP contribution in [0.15, 0.2) is 35.3 Å². The Bertz CT molecular complexity index is 1080. The highest BCUT2D eigenvalue weighted by Gasteiger charge is 2.37. The maximum absolute atomic E-state index is 13.2. The number of likely N-dealkylation sites (tertiary alicyclic amines) is 1. The van der Waals surface area contributed by atoms with Gasteiger partial charge in [0.15, 0.2) is 0 Å². The fraction of sp³-hybridized carbons (Fsp3) is 0.500. The van der Waals surface area contributed by atoms with E-state index in [-0.39, 0.29) is 23.4 Å². The summed E-state index contributed by atoms with van der Waals surface area (Å²) in [5.74, 6) is 0.272. The second kappa shape index (κ2) is 8.27. The summed E-state index contributed by atoms with van der Waals surface area (Å²) in [6, 6.07) is 6.54. The number of nitrogens with zero attached hydrogens (tertiary/aromatic N) is 4. The number of piperidine rings is 1. The summed E-state index contributed by atoms with van der Waals surface area (Å²) in [6.07, 6.45) is 5.41. The van der Waals surface area contributed by atoms with Gasteiger partial charge >= 0.3 is 0 Å². The highest BCUT2D eigenvalue weighted by Crippen LogP contribution is 2.33. The fourth-order valence-corrected chi connectivity index (χ4v) is 5.14. The second-order valence-electron chi connectivity index (χ2n) is 7.86. The number of carbonyl (C=O) groups excluding carboxylic acids is 1. The van der Waals surface area contributed by atoms with Gasteiger partial charge < -0.3 is 9.88 Å². The summed E-state index contributed by atoms with van der Waals surface area (Å²) in [7, 11) is -3.23. The Morgan fingerprint density at radius 1 is 1.13 bits per heavy atom. The Balaban J connectivity index is 1.54. The number of sulfonamides is 1. The predicted molar refractivity (Wildman–Crippen MR) is 111 cm³/mol. The van der Waals surface area contributed by atoms with E-state index in [0.717, 1.165) is 12.8 Å². The van der Waals surface area contributed by atoms with Gasteiger partial charge in [0.05, 0.1) is 23.7 Å². The number of aromatic nitrogens is 3. The van der Waals surface area contributed by atoms with Crippen LogP contribution in [0.3, 0.4) is 0 Å². The van der Waals surface area contributed by atoms with E-state index in [0.29, 0.717) is 49.7 Å². The molecule has 0 aliphatic carbocycles. The van der Waals surface area contributed by atoms with Crippen LogP contribution in [0, 0.1) is 5.92 Å². The van der Waals surface area contributed by atoms with Crippen molar-refractivity contribution in [3.63, 3.8) is 0 Å². The highest BCUT2D eigenvalue weighted by atomic mass is 32.2. The van der Waals surface area contributed by atoms with Gasteiger partial charge in [-0.2, -0.15) is 0 Å². The first kappa shape index (κ1) is 20.7. The van der Waals surface area contributed by atoms with Crippen molar-refractivity contribution in [1.29, 1.82) is 0 Å². The number of H-pyrrole nitrogens is 1. The van der Waals surface area contributed by atoms with E-state index in [1.807, 2.05) is 6.07 Å². The molecular formula is C20H25N5O4S. The van der Waals surface area contributed by atoms with Gasteiger partial charge in [0, 0.05) is 37.8 Å². The van der Waals surface area contributed by atoms with Gasteiger partial charge in [0.2, 0.25) is 15.9 Å². The van der Waals surface area contributed by atoms with Gasteiger partial charge in [0.1, 0.15) is 5.82 Å². The topological polar surface area (TPSA) is 116 Å². The van der Waals surface area contributed by atoms with Crippen molar-refractivity contribution in [2.24, 2.45) is 5.92 Å². The van der Waals surface area contributed by atoms with Crippen molar-refractivity contribution >= 4 is 15.9 Å². The zero-order valence-corrected chi connectivity index (χ0v) is 17.6. The largest absolute Gasteiger partial charge is 0.332 e. The van der Waals surface area contributed by atoms with Crippen LogP contribution in [0.4, 0.5) is 0 Å². The number of amides is 1. The first-order valence-corrected chi connectivity index (χ1v) is 12.0.